The lowest BCUT2D eigenvalue weighted by Gasteiger charge is -2.04. The zero-order valence-corrected chi connectivity index (χ0v) is 14.3. The van der Waals surface area contributed by atoms with Crippen LogP contribution in [0.3, 0.4) is 0 Å². The van der Waals surface area contributed by atoms with Gasteiger partial charge in [0, 0.05) is 18.3 Å². The molecule has 124 valence electrons. The van der Waals surface area contributed by atoms with Crippen molar-refractivity contribution in [2.75, 3.05) is 13.7 Å². The smallest absolute Gasteiger partial charge is 0.131 e. The average molecular weight is 342 g/mol. The second kappa shape index (κ2) is 8.04. The summed E-state index contributed by atoms with van der Waals surface area (Å²) in [6.45, 7) is 1.55. The van der Waals surface area contributed by atoms with Crippen LogP contribution in [-0.2, 0) is 13.0 Å². The van der Waals surface area contributed by atoms with Gasteiger partial charge in [-0.25, -0.2) is 9.37 Å². The van der Waals surface area contributed by atoms with Gasteiger partial charge in [-0.05, 0) is 36.7 Å². The van der Waals surface area contributed by atoms with Gasteiger partial charge >= 0.3 is 0 Å². The third-order valence-corrected chi connectivity index (χ3v) is 4.75. The normalized spacial score (nSPS) is 10.8. The van der Waals surface area contributed by atoms with Gasteiger partial charge in [0.2, 0.25) is 0 Å². The van der Waals surface area contributed by atoms with Gasteiger partial charge in [0.05, 0.1) is 12.0 Å². The lowest BCUT2D eigenvalue weighted by Crippen LogP contribution is -2.16. The highest BCUT2D eigenvalue weighted by Crippen LogP contribution is 2.28. The Labute approximate surface area is 145 Å². The molecule has 0 unspecified atom stereocenters. The number of methoxy groups -OCH3 is 1. The fourth-order valence-electron chi connectivity index (χ4n) is 2.40. The highest BCUT2D eigenvalue weighted by molar-refractivity contribution is 7.15. The Bertz CT molecular complexity index is 786. The number of thiazole rings is 1. The molecule has 0 radical (unpaired) electrons. The summed E-state index contributed by atoms with van der Waals surface area (Å²) in [6, 6.07) is 14.9. The van der Waals surface area contributed by atoms with Crippen LogP contribution in [0.25, 0.3) is 10.4 Å². The van der Waals surface area contributed by atoms with E-state index in [9.17, 15) is 4.39 Å². The SMILES string of the molecule is COc1ccc(CCNCc2ncc(-c3ccccc3F)s2)cc1. The first kappa shape index (κ1) is 16.6. The summed E-state index contributed by atoms with van der Waals surface area (Å²) in [6.07, 6.45) is 2.68. The number of ether oxygens (including phenoxy) is 1. The molecule has 3 aromatic rings. The first-order valence-corrected chi connectivity index (χ1v) is 8.61. The number of aromatic nitrogens is 1. The highest BCUT2D eigenvalue weighted by atomic mass is 32.1. The van der Waals surface area contributed by atoms with Crippen molar-refractivity contribution in [2.24, 2.45) is 0 Å². The van der Waals surface area contributed by atoms with Crippen LogP contribution in [0.1, 0.15) is 10.6 Å². The molecule has 5 heteroatoms. The Kier molecular flexibility index (Phi) is 5.56. The highest BCUT2D eigenvalue weighted by Gasteiger charge is 2.08. The minimum absolute atomic E-state index is 0.208. The molecule has 3 rings (SSSR count). The van der Waals surface area contributed by atoms with E-state index >= 15 is 0 Å². The molecule has 24 heavy (non-hydrogen) atoms. The minimum atomic E-state index is -0.208. The van der Waals surface area contributed by atoms with Crippen LogP contribution in [0.15, 0.2) is 54.7 Å². The Morgan fingerprint density at radius 3 is 2.67 bits per heavy atom. The van der Waals surface area contributed by atoms with Crippen molar-refractivity contribution >= 4 is 11.3 Å². The lowest BCUT2D eigenvalue weighted by molar-refractivity contribution is 0.414. The molecular weight excluding hydrogens is 323 g/mol. The van der Waals surface area contributed by atoms with Gasteiger partial charge in [0.15, 0.2) is 0 Å². The molecule has 0 saturated carbocycles. The molecule has 0 spiro atoms. The summed E-state index contributed by atoms with van der Waals surface area (Å²) in [5, 5.41) is 4.34. The van der Waals surface area contributed by atoms with Crippen LogP contribution >= 0.6 is 11.3 Å². The van der Waals surface area contributed by atoms with Crippen LogP contribution in [0.2, 0.25) is 0 Å². The summed E-state index contributed by atoms with van der Waals surface area (Å²) < 4.78 is 18.9. The van der Waals surface area contributed by atoms with E-state index in [0.717, 1.165) is 28.6 Å². The Balaban J connectivity index is 1.50. The van der Waals surface area contributed by atoms with Crippen LogP contribution in [0.5, 0.6) is 5.75 Å². The maximum absolute atomic E-state index is 13.8. The van der Waals surface area contributed by atoms with Crippen molar-refractivity contribution < 1.29 is 9.13 Å². The number of benzene rings is 2. The maximum Gasteiger partial charge on any atom is 0.131 e. The molecule has 0 amide bonds. The second-order valence-electron chi connectivity index (χ2n) is 5.37. The largest absolute Gasteiger partial charge is 0.497 e. The van der Waals surface area contributed by atoms with Gasteiger partial charge in [-0.1, -0.05) is 30.3 Å². The third kappa shape index (κ3) is 4.19. The molecule has 0 aliphatic heterocycles. The van der Waals surface area contributed by atoms with Gasteiger partial charge in [-0.3, -0.25) is 0 Å². The average Bonchev–Trinajstić information content (AvgIpc) is 3.08. The molecule has 0 bridgehead atoms. The summed E-state index contributed by atoms with van der Waals surface area (Å²) in [5.41, 5.74) is 1.87. The Morgan fingerprint density at radius 1 is 1.12 bits per heavy atom. The molecule has 0 fully saturated rings. The zero-order chi connectivity index (χ0) is 16.8. The van der Waals surface area contributed by atoms with Crippen molar-refractivity contribution in [2.45, 2.75) is 13.0 Å². The van der Waals surface area contributed by atoms with E-state index in [0.29, 0.717) is 12.1 Å². The predicted molar refractivity (Wildman–Crippen MR) is 95.9 cm³/mol. The molecule has 3 nitrogen and oxygen atoms in total. The number of hydrogen-bond acceptors (Lipinski definition) is 4. The van der Waals surface area contributed by atoms with Gasteiger partial charge in [0.25, 0.3) is 0 Å². The fourth-order valence-corrected chi connectivity index (χ4v) is 3.31. The summed E-state index contributed by atoms with van der Waals surface area (Å²) in [7, 11) is 1.67. The fraction of sp³-hybridized carbons (Fsp3) is 0.211. The Hall–Kier alpha value is -2.24. The van der Waals surface area contributed by atoms with Gasteiger partial charge in [-0.2, -0.15) is 0 Å². The molecule has 0 saturated heterocycles. The molecular formula is C19H19FN2OS. The molecule has 0 aliphatic rings. The van der Waals surface area contributed by atoms with Gasteiger partial charge in [-0.15, -0.1) is 11.3 Å². The number of nitrogens with zero attached hydrogens (tertiary/aromatic N) is 1. The van der Waals surface area contributed by atoms with Crippen molar-refractivity contribution in [3.63, 3.8) is 0 Å². The van der Waals surface area contributed by atoms with E-state index in [2.05, 4.69) is 22.4 Å². The molecule has 1 N–H and O–H groups in total. The number of halogens is 1. The van der Waals surface area contributed by atoms with Gasteiger partial charge in [0.1, 0.15) is 16.6 Å². The first-order chi connectivity index (χ1) is 11.8. The predicted octanol–water partition coefficient (Wildman–Crippen LogP) is 4.29. The van der Waals surface area contributed by atoms with Crippen LogP contribution in [0.4, 0.5) is 4.39 Å². The number of rotatable bonds is 7. The summed E-state index contributed by atoms with van der Waals surface area (Å²) in [4.78, 5) is 5.23. The van der Waals surface area contributed by atoms with Crippen molar-refractivity contribution in [3.05, 3.63) is 71.1 Å². The quantitative estimate of drug-likeness (QED) is 0.651. The summed E-state index contributed by atoms with van der Waals surface area (Å²) >= 11 is 1.52. The summed E-state index contributed by atoms with van der Waals surface area (Å²) in [5.74, 6) is 0.662. The number of hydrogen-bond donors (Lipinski definition) is 1. The third-order valence-electron chi connectivity index (χ3n) is 3.72. The second-order valence-corrected chi connectivity index (χ2v) is 6.49. The van der Waals surface area contributed by atoms with E-state index in [-0.39, 0.29) is 5.82 Å². The van der Waals surface area contributed by atoms with Crippen molar-refractivity contribution in [1.29, 1.82) is 0 Å². The van der Waals surface area contributed by atoms with E-state index < -0.39 is 0 Å². The van der Waals surface area contributed by atoms with E-state index in [4.69, 9.17) is 4.74 Å². The minimum Gasteiger partial charge on any atom is -0.497 e. The first-order valence-electron chi connectivity index (χ1n) is 7.79. The molecule has 0 aliphatic carbocycles. The lowest BCUT2D eigenvalue weighted by atomic mass is 10.1. The number of nitrogens with one attached hydrogen (secondary N) is 1. The topological polar surface area (TPSA) is 34.1 Å². The molecule has 1 heterocycles. The van der Waals surface area contributed by atoms with E-state index in [1.54, 1.807) is 25.4 Å². The van der Waals surface area contributed by atoms with Crippen molar-refractivity contribution in [1.82, 2.24) is 10.3 Å². The van der Waals surface area contributed by atoms with Crippen LogP contribution in [0, 0.1) is 5.82 Å². The van der Waals surface area contributed by atoms with Gasteiger partial charge < -0.3 is 10.1 Å². The maximum atomic E-state index is 13.8. The Morgan fingerprint density at radius 2 is 1.92 bits per heavy atom. The molecule has 0 atom stereocenters. The van der Waals surface area contributed by atoms with Crippen LogP contribution in [-0.4, -0.2) is 18.6 Å². The zero-order valence-electron chi connectivity index (χ0n) is 13.5. The molecule has 2 aromatic carbocycles. The van der Waals surface area contributed by atoms with Crippen molar-refractivity contribution in [3.8, 4) is 16.2 Å². The van der Waals surface area contributed by atoms with E-state index in [1.165, 1.54) is 23.0 Å². The van der Waals surface area contributed by atoms with Crippen LogP contribution < -0.4 is 10.1 Å². The monoisotopic (exact) mass is 342 g/mol. The standard InChI is InChI=1S/C19H19FN2OS/c1-23-15-8-6-14(7-9-15)10-11-21-13-19-22-12-18(24-19)16-4-2-3-5-17(16)20/h2-9,12,21H,10-11,13H2,1H3. The van der Waals surface area contributed by atoms with E-state index in [1.807, 2.05) is 18.2 Å². The molecule has 1 aromatic heterocycles.